The number of nitrogens with one attached hydrogen (secondary N) is 1. The lowest BCUT2D eigenvalue weighted by atomic mass is 10.1. The van der Waals surface area contributed by atoms with Crippen LogP contribution in [0.4, 0.5) is 10.1 Å². The molecule has 0 atom stereocenters. The summed E-state index contributed by atoms with van der Waals surface area (Å²) >= 11 is 6.28. The van der Waals surface area contributed by atoms with Crippen molar-refractivity contribution in [1.82, 2.24) is 9.88 Å². The Bertz CT molecular complexity index is 1150. The molecule has 0 saturated heterocycles. The van der Waals surface area contributed by atoms with Gasteiger partial charge in [0, 0.05) is 25.4 Å². The standard InChI is InChI=1S/C22H16ClFN4O2/c1-28(22(30)16-9-14(12-25)10-17(24)11-16)13-15-5-4-6-18(23)20(15)27-21(29)19-7-2-3-8-26-19/h2-11H,13H2,1H3,(H,27,29). The molecule has 0 radical (unpaired) electrons. The quantitative estimate of drug-likeness (QED) is 0.665. The first-order chi connectivity index (χ1) is 14.4. The van der Waals surface area contributed by atoms with Gasteiger partial charge in [0.1, 0.15) is 11.5 Å². The number of rotatable bonds is 5. The smallest absolute Gasteiger partial charge is 0.274 e. The van der Waals surface area contributed by atoms with Crippen LogP contribution in [-0.2, 0) is 6.54 Å². The van der Waals surface area contributed by atoms with E-state index in [1.54, 1.807) is 36.4 Å². The third-order valence-corrected chi connectivity index (χ3v) is 4.58. The molecule has 0 aliphatic heterocycles. The molecule has 30 heavy (non-hydrogen) atoms. The monoisotopic (exact) mass is 422 g/mol. The number of benzene rings is 2. The first-order valence-corrected chi connectivity index (χ1v) is 9.22. The highest BCUT2D eigenvalue weighted by Crippen LogP contribution is 2.28. The highest BCUT2D eigenvalue weighted by Gasteiger charge is 2.18. The van der Waals surface area contributed by atoms with Crippen molar-refractivity contribution >= 4 is 29.1 Å². The Balaban J connectivity index is 1.84. The second kappa shape index (κ2) is 9.16. The minimum Gasteiger partial charge on any atom is -0.337 e. The minimum absolute atomic E-state index is 0.0511. The second-order valence-corrected chi connectivity index (χ2v) is 6.85. The molecular formula is C22H16ClFN4O2. The number of nitrogens with zero attached hydrogens (tertiary/aromatic N) is 3. The van der Waals surface area contributed by atoms with Crippen LogP contribution in [-0.4, -0.2) is 28.7 Å². The van der Waals surface area contributed by atoms with Crippen molar-refractivity contribution in [3.05, 3.63) is 94.0 Å². The average molecular weight is 423 g/mol. The third-order valence-electron chi connectivity index (χ3n) is 4.26. The molecule has 0 aliphatic carbocycles. The molecular weight excluding hydrogens is 407 g/mol. The number of carbonyl (C=O) groups excluding carboxylic acids is 2. The van der Waals surface area contributed by atoms with Gasteiger partial charge in [0.2, 0.25) is 0 Å². The van der Waals surface area contributed by atoms with Crippen LogP contribution in [0.15, 0.2) is 60.8 Å². The number of hydrogen-bond acceptors (Lipinski definition) is 4. The highest BCUT2D eigenvalue weighted by atomic mass is 35.5. The van der Waals surface area contributed by atoms with Crippen LogP contribution in [0, 0.1) is 17.1 Å². The van der Waals surface area contributed by atoms with Crippen molar-refractivity contribution in [3.63, 3.8) is 0 Å². The van der Waals surface area contributed by atoms with E-state index in [1.165, 1.54) is 24.2 Å². The molecule has 2 aromatic carbocycles. The van der Waals surface area contributed by atoms with E-state index in [0.29, 0.717) is 16.3 Å². The number of aromatic nitrogens is 1. The lowest BCUT2D eigenvalue weighted by molar-refractivity contribution is 0.0785. The topological polar surface area (TPSA) is 86.1 Å². The summed E-state index contributed by atoms with van der Waals surface area (Å²) < 4.78 is 13.7. The molecule has 0 spiro atoms. The molecule has 0 aliphatic rings. The van der Waals surface area contributed by atoms with E-state index in [4.69, 9.17) is 16.9 Å². The predicted molar refractivity (Wildman–Crippen MR) is 111 cm³/mol. The lowest BCUT2D eigenvalue weighted by Crippen LogP contribution is -2.27. The molecule has 150 valence electrons. The van der Waals surface area contributed by atoms with E-state index in [1.807, 2.05) is 6.07 Å². The maximum Gasteiger partial charge on any atom is 0.274 e. The van der Waals surface area contributed by atoms with Crippen LogP contribution >= 0.6 is 11.6 Å². The fourth-order valence-electron chi connectivity index (χ4n) is 2.84. The van der Waals surface area contributed by atoms with Gasteiger partial charge < -0.3 is 10.2 Å². The third kappa shape index (κ3) is 4.80. The minimum atomic E-state index is -0.670. The van der Waals surface area contributed by atoms with Crippen molar-refractivity contribution in [2.75, 3.05) is 12.4 Å². The Morgan fingerprint density at radius 1 is 1.20 bits per heavy atom. The highest BCUT2D eigenvalue weighted by molar-refractivity contribution is 6.34. The van der Waals surface area contributed by atoms with Crippen molar-refractivity contribution in [2.45, 2.75) is 6.54 Å². The molecule has 0 bridgehead atoms. The van der Waals surface area contributed by atoms with Gasteiger partial charge in [-0.1, -0.05) is 29.8 Å². The van der Waals surface area contributed by atoms with E-state index < -0.39 is 17.6 Å². The number of nitriles is 1. The Labute approximate surface area is 177 Å². The number of amides is 2. The summed E-state index contributed by atoms with van der Waals surface area (Å²) in [6.07, 6.45) is 1.50. The Kier molecular flexibility index (Phi) is 6.40. The van der Waals surface area contributed by atoms with Gasteiger partial charge in [0.05, 0.1) is 22.3 Å². The molecule has 0 unspecified atom stereocenters. The predicted octanol–water partition coefficient (Wildman–Crippen LogP) is 4.27. The fourth-order valence-corrected chi connectivity index (χ4v) is 3.08. The van der Waals surface area contributed by atoms with Crippen LogP contribution in [0.3, 0.4) is 0 Å². The molecule has 1 N–H and O–H groups in total. The summed E-state index contributed by atoms with van der Waals surface area (Å²) in [4.78, 5) is 30.6. The van der Waals surface area contributed by atoms with E-state index in [9.17, 15) is 14.0 Å². The van der Waals surface area contributed by atoms with E-state index >= 15 is 0 Å². The molecule has 0 saturated carbocycles. The number of carbonyl (C=O) groups is 2. The van der Waals surface area contributed by atoms with Gasteiger partial charge in [-0.15, -0.1) is 0 Å². The maximum absolute atomic E-state index is 13.7. The Hall–Kier alpha value is -3.76. The number of hydrogen-bond donors (Lipinski definition) is 1. The fraction of sp³-hybridized carbons (Fsp3) is 0.0909. The number of pyridine rings is 1. The van der Waals surface area contributed by atoms with E-state index in [-0.39, 0.29) is 23.4 Å². The normalized spacial score (nSPS) is 10.2. The van der Waals surface area contributed by atoms with Gasteiger partial charge in [-0.25, -0.2) is 4.39 Å². The molecule has 8 heteroatoms. The van der Waals surface area contributed by atoms with Crippen LogP contribution in [0.25, 0.3) is 0 Å². The van der Waals surface area contributed by atoms with Gasteiger partial charge in [0.25, 0.3) is 11.8 Å². The zero-order chi connectivity index (χ0) is 21.7. The first-order valence-electron chi connectivity index (χ1n) is 8.85. The van der Waals surface area contributed by atoms with Gasteiger partial charge in [-0.05, 0) is 42.0 Å². The summed E-state index contributed by atoms with van der Waals surface area (Å²) in [5.41, 5.74) is 1.26. The molecule has 1 aromatic heterocycles. The summed E-state index contributed by atoms with van der Waals surface area (Å²) in [7, 11) is 1.53. The summed E-state index contributed by atoms with van der Waals surface area (Å²) in [6.45, 7) is 0.0929. The zero-order valence-corrected chi connectivity index (χ0v) is 16.7. The van der Waals surface area contributed by atoms with Crippen LogP contribution in [0.1, 0.15) is 32.0 Å². The van der Waals surface area contributed by atoms with Crippen molar-refractivity contribution in [2.24, 2.45) is 0 Å². The first kappa shape index (κ1) is 21.0. The molecule has 3 aromatic rings. The summed E-state index contributed by atoms with van der Waals surface area (Å²) in [5.74, 6) is -1.59. The molecule has 1 heterocycles. The Morgan fingerprint density at radius 2 is 2.00 bits per heavy atom. The van der Waals surface area contributed by atoms with Crippen molar-refractivity contribution in [1.29, 1.82) is 5.26 Å². The number of halogens is 2. The number of anilines is 1. The molecule has 3 rings (SSSR count). The second-order valence-electron chi connectivity index (χ2n) is 6.44. The Morgan fingerprint density at radius 3 is 2.70 bits per heavy atom. The number of para-hydroxylation sites is 1. The SMILES string of the molecule is CN(Cc1cccc(Cl)c1NC(=O)c1ccccn1)C(=O)c1cc(F)cc(C#N)c1. The van der Waals surface area contributed by atoms with Crippen molar-refractivity contribution in [3.8, 4) is 6.07 Å². The van der Waals surface area contributed by atoms with Crippen LogP contribution in [0.5, 0.6) is 0 Å². The van der Waals surface area contributed by atoms with Crippen LogP contribution in [0.2, 0.25) is 5.02 Å². The average Bonchev–Trinajstić information content (AvgIpc) is 2.75. The van der Waals surface area contributed by atoms with Crippen LogP contribution < -0.4 is 5.32 Å². The maximum atomic E-state index is 13.7. The van der Waals surface area contributed by atoms with Gasteiger partial charge in [-0.3, -0.25) is 14.6 Å². The van der Waals surface area contributed by atoms with Crippen molar-refractivity contribution < 1.29 is 14.0 Å². The van der Waals surface area contributed by atoms with Gasteiger partial charge in [0.15, 0.2) is 0 Å². The summed E-state index contributed by atoms with van der Waals surface area (Å²) in [5, 5.41) is 12.0. The molecule has 0 fully saturated rings. The largest absolute Gasteiger partial charge is 0.337 e. The van der Waals surface area contributed by atoms with E-state index in [0.717, 1.165) is 12.1 Å². The zero-order valence-electron chi connectivity index (χ0n) is 15.9. The summed E-state index contributed by atoms with van der Waals surface area (Å²) in [6, 6.07) is 15.3. The van der Waals surface area contributed by atoms with Gasteiger partial charge in [-0.2, -0.15) is 5.26 Å². The lowest BCUT2D eigenvalue weighted by Gasteiger charge is -2.20. The van der Waals surface area contributed by atoms with Gasteiger partial charge >= 0.3 is 0 Å². The molecule has 2 amide bonds. The van der Waals surface area contributed by atoms with E-state index in [2.05, 4.69) is 10.3 Å². The molecule has 6 nitrogen and oxygen atoms in total.